The monoisotopic (exact) mass is 429 g/mol. The van der Waals surface area contributed by atoms with Crippen LogP contribution in [0.2, 0.25) is 0 Å². The van der Waals surface area contributed by atoms with Crippen LogP contribution in [0.25, 0.3) is 0 Å². The van der Waals surface area contributed by atoms with E-state index >= 15 is 0 Å². The zero-order chi connectivity index (χ0) is 20.9. The molecule has 0 unspecified atom stereocenters. The average Bonchev–Trinajstić information content (AvgIpc) is 2.73. The number of hydrogen-bond donors (Lipinski definition) is 1. The minimum Gasteiger partial charge on any atom is -0.618 e. The van der Waals surface area contributed by atoms with Crippen LogP contribution in [0.3, 0.4) is 0 Å². The number of carbonyl (C=O) groups excluding carboxylic acids is 1. The van der Waals surface area contributed by atoms with Gasteiger partial charge in [0.25, 0.3) is 15.0 Å². The molecule has 0 bridgehead atoms. The number of para-hydroxylation sites is 1. The first kappa shape index (κ1) is 20.7. The van der Waals surface area contributed by atoms with Crippen LogP contribution in [0.5, 0.6) is 0 Å². The molecule has 1 N–H and O–H groups in total. The van der Waals surface area contributed by atoms with Gasteiger partial charge in [-0.05, 0) is 48.2 Å². The molecule has 0 radical (unpaired) electrons. The van der Waals surface area contributed by atoms with Gasteiger partial charge in [-0.1, -0.05) is 24.3 Å². The van der Waals surface area contributed by atoms with Crippen molar-refractivity contribution < 1.29 is 17.9 Å². The van der Waals surface area contributed by atoms with Crippen molar-refractivity contribution >= 4 is 39.1 Å². The van der Waals surface area contributed by atoms with E-state index in [-0.39, 0.29) is 16.6 Å². The molecule has 7 nitrogen and oxygen atoms in total. The molecule has 9 heteroatoms. The summed E-state index contributed by atoms with van der Waals surface area (Å²) in [5, 5.41) is 14.7. The van der Waals surface area contributed by atoms with Gasteiger partial charge in [-0.3, -0.25) is 9.10 Å². The highest BCUT2D eigenvalue weighted by Crippen LogP contribution is 2.24. The average molecular weight is 430 g/mol. The minimum atomic E-state index is -3.78. The first-order chi connectivity index (χ1) is 13.9. The Morgan fingerprint density at radius 3 is 2.52 bits per heavy atom. The van der Waals surface area contributed by atoms with Gasteiger partial charge in [-0.25, -0.2) is 8.42 Å². The molecule has 0 fully saturated rings. The fourth-order valence-corrected chi connectivity index (χ4v) is 4.49. The van der Waals surface area contributed by atoms with Crippen molar-refractivity contribution in [3.05, 3.63) is 84.2 Å². The Kier molecular flexibility index (Phi) is 6.40. The van der Waals surface area contributed by atoms with Crippen molar-refractivity contribution in [3.8, 4) is 0 Å². The standard InChI is InChI=1S/C20H19N3O4S2/c1-22(17-9-3-2-4-10-17)29(26,27)18-11-7-8-16(14-18)21-19(24)15-28-20-12-5-6-13-23(20)25/h2-14H,15H2,1H3,(H,21,24). The van der Waals surface area contributed by atoms with E-state index in [0.717, 1.165) is 11.8 Å². The molecule has 29 heavy (non-hydrogen) atoms. The zero-order valence-electron chi connectivity index (χ0n) is 15.6. The van der Waals surface area contributed by atoms with Gasteiger partial charge < -0.3 is 10.5 Å². The number of benzene rings is 2. The predicted molar refractivity (Wildman–Crippen MR) is 113 cm³/mol. The molecule has 3 rings (SSSR count). The molecular weight excluding hydrogens is 410 g/mol. The molecule has 0 spiro atoms. The number of pyridine rings is 1. The van der Waals surface area contributed by atoms with Crippen molar-refractivity contribution in [1.82, 2.24) is 0 Å². The highest BCUT2D eigenvalue weighted by molar-refractivity contribution is 7.99. The lowest BCUT2D eigenvalue weighted by Crippen LogP contribution is -2.28. The summed E-state index contributed by atoms with van der Waals surface area (Å²) in [6.07, 6.45) is 1.36. The molecule has 0 atom stereocenters. The van der Waals surface area contributed by atoms with Crippen molar-refractivity contribution in [2.75, 3.05) is 22.4 Å². The van der Waals surface area contributed by atoms with E-state index in [2.05, 4.69) is 5.32 Å². The summed E-state index contributed by atoms with van der Waals surface area (Å²) in [5.74, 6) is -0.322. The van der Waals surface area contributed by atoms with Gasteiger partial charge >= 0.3 is 0 Å². The van der Waals surface area contributed by atoms with Crippen LogP contribution in [0.1, 0.15) is 0 Å². The van der Waals surface area contributed by atoms with Gasteiger partial charge in [0.1, 0.15) is 0 Å². The third-order valence-corrected chi connectivity index (χ3v) is 6.84. The topological polar surface area (TPSA) is 93.4 Å². The Bertz CT molecular complexity index is 1110. The van der Waals surface area contributed by atoms with Gasteiger partial charge in [0, 0.05) is 24.9 Å². The molecule has 1 heterocycles. The maximum absolute atomic E-state index is 12.9. The molecule has 0 aliphatic carbocycles. The fourth-order valence-electron chi connectivity index (χ4n) is 2.53. The molecule has 0 saturated carbocycles. The molecule has 0 aliphatic rings. The maximum Gasteiger partial charge on any atom is 0.264 e. The zero-order valence-corrected chi connectivity index (χ0v) is 17.2. The lowest BCUT2D eigenvalue weighted by molar-refractivity contribution is -0.645. The number of rotatable bonds is 7. The van der Waals surface area contributed by atoms with Gasteiger partial charge in [-0.2, -0.15) is 4.73 Å². The van der Waals surface area contributed by atoms with Crippen molar-refractivity contribution in [2.24, 2.45) is 0 Å². The molecule has 3 aromatic rings. The van der Waals surface area contributed by atoms with Gasteiger partial charge in [0.05, 0.1) is 16.3 Å². The van der Waals surface area contributed by atoms with Crippen LogP contribution in [0.4, 0.5) is 11.4 Å². The Morgan fingerprint density at radius 1 is 1.07 bits per heavy atom. The quantitative estimate of drug-likeness (QED) is 0.354. The molecule has 0 aliphatic heterocycles. The summed E-state index contributed by atoms with van der Waals surface area (Å²) in [4.78, 5) is 12.3. The third kappa shape index (κ3) is 5.07. The summed E-state index contributed by atoms with van der Waals surface area (Å²) >= 11 is 1.10. The smallest absolute Gasteiger partial charge is 0.264 e. The first-order valence-corrected chi connectivity index (χ1v) is 11.1. The number of nitrogens with one attached hydrogen (secondary N) is 1. The maximum atomic E-state index is 12.9. The third-order valence-electron chi connectivity index (χ3n) is 4.04. The summed E-state index contributed by atoms with van der Waals surface area (Å²) in [6.45, 7) is 0. The van der Waals surface area contributed by atoms with Crippen molar-refractivity contribution in [3.63, 3.8) is 0 Å². The molecule has 1 amide bonds. The van der Waals surface area contributed by atoms with E-state index in [0.29, 0.717) is 21.1 Å². The lowest BCUT2D eigenvalue weighted by atomic mass is 10.3. The number of nitrogens with zero attached hydrogens (tertiary/aromatic N) is 2. The number of hydrogen-bond acceptors (Lipinski definition) is 5. The Morgan fingerprint density at radius 2 is 1.79 bits per heavy atom. The Labute approximate surface area is 173 Å². The second kappa shape index (κ2) is 8.97. The van der Waals surface area contributed by atoms with Gasteiger partial charge in [-0.15, -0.1) is 0 Å². The SMILES string of the molecule is CN(c1ccccc1)S(=O)(=O)c1cccc(NC(=O)CSc2cccc[n+]2[O-])c1. The van der Waals surface area contributed by atoms with Crippen molar-refractivity contribution in [2.45, 2.75) is 9.92 Å². The van der Waals surface area contributed by atoms with Crippen LogP contribution >= 0.6 is 11.8 Å². The van der Waals surface area contributed by atoms with Crippen LogP contribution in [-0.2, 0) is 14.8 Å². The number of thioether (sulfide) groups is 1. The summed E-state index contributed by atoms with van der Waals surface area (Å²) < 4.78 is 27.7. The van der Waals surface area contributed by atoms with Crippen LogP contribution in [0.15, 0.2) is 88.9 Å². The number of amides is 1. The number of carbonyl (C=O) groups is 1. The van der Waals surface area contributed by atoms with E-state index in [9.17, 15) is 18.4 Å². The fraction of sp³-hybridized carbons (Fsp3) is 0.100. The number of sulfonamides is 1. The second-order valence-electron chi connectivity index (χ2n) is 6.04. The molecule has 0 saturated heterocycles. The van der Waals surface area contributed by atoms with Crippen LogP contribution in [0, 0.1) is 5.21 Å². The van der Waals surface area contributed by atoms with E-state index < -0.39 is 10.0 Å². The normalized spacial score (nSPS) is 11.1. The van der Waals surface area contributed by atoms with Crippen molar-refractivity contribution in [1.29, 1.82) is 0 Å². The Hall–Kier alpha value is -3.04. The van der Waals surface area contributed by atoms with E-state index in [1.54, 1.807) is 54.6 Å². The lowest BCUT2D eigenvalue weighted by Gasteiger charge is -2.19. The highest BCUT2D eigenvalue weighted by atomic mass is 32.2. The largest absolute Gasteiger partial charge is 0.618 e. The van der Waals surface area contributed by atoms with Gasteiger partial charge in [0.15, 0.2) is 6.20 Å². The highest BCUT2D eigenvalue weighted by Gasteiger charge is 2.21. The molecular formula is C20H19N3O4S2. The predicted octanol–water partition coefficient (Wildman–Crippen LogP) is 2.88. The molecule has 1 aromatic heterocycles. The summed E-state index contributed by atoms with van der Waals surface area (Å²) in [7, 11) is -2.30. The second-order valence-corrected chi connectivity index (χ2v) is 9.00. The first-order valence-electron chi connectivity index (χ1n) is 8.63. The van der Waals surface area contributed by atoms with Crippen LogP contribution < -0.4 is 14.4 Å². The molecule has 150 valence electrons. The van der Waals surface area contributed by atoms with Gasteiger partial charge in [0.2, 0.25) is 5.91 Å². The summed E-state index contributed by atoms with van der Waals surface area (Å²) in [6, 6.07) is 19.7. The minimum absolute atomic E-state index is 0.0210. The van der Waals surface area contributed by atoms with E-state index in [4.69, 9.17) is 0 Å². The van der Waals surface area contributed by atoms with Crippen LogP contribution in [-0.4, -0.2) is 27.1 Å². The summed E-state index contributed by atoms with van der Waals surface area (Å²) in [5.41, 5.74) is 0.897. The Balaban J connectivity index is 1.70. The number of anilines is 2. The van der Waals surface area contributed by atoms with E-state index in [1.807, 2.05) is 6.07 Å². The molecule has 2 aromatic carbocycles. The number of aromatic nitrogens is 1. The van der Waals surface area contributed by atoms with E-state index in [1.165, 1.54) is 29.7 Å².